The van der Waals surface area contributed by atoms with Crippen molar-refractivity contribution in [3.8, 4) is 29.0 Å². The summed E-state index contributed by atoms with van der Waals surface area (Å²) in [5.41, 5.74) is 4.82. The number of aryl methyl sites for hydroxylation is 3. The first-order valence-electron chi connectivity index (χ1n) is 10.4. The van der Waals surface area contributed by atoms with Crippen molar-refractivity contribution >= 4 is 15.7 Å². The van der Waals surface area contributed by atoms with Crippen LogP contribution in [0, 0.1) is 32.1 Å². The molecule has 0 spiro atoms. The van der Waals surface area contributed by atoms with Crippen molar-refractivity contribution in [2.75, 3.05) is 4.72 Å². The van der Waals surface area contributed by atoms with Gasteiger partial charge in [-0.3, -0.25) is 9.71 Å². The molecule has 7 nitrogen and oxygen atoms in total. The molecule has 0 atom stereocenters. The van der Waals surface area contributed by atoms with E-state index in [1.54, 1.807) is 24.4 Å². The lowest BCUT2D eigenvalue weighted by atomic mass is 10.0. The molecule has 0 amide bonds. The van der Waals surface area contributed by atoms with Crippen LogP contribution in [0.2, 0.25) is 0 Å². The number of anilines is 1. The Kier molecular flexibility index (Phi) is 5.85. The fraction of sp³-hybridized carbons (Fsp3) is 0.292. The maximum Gasteiger partial charge on any atom is 0.244 e. The third-order valence-corrected chi connectivity index (χ3v) is 7.42. The van der Waals surface area contributed by atoms with Crippen LogP contribution in [0.15, 0.2) is 42.7 Å². The first kappa shape index (κ1) is 21.8. The molecule has 1 aliphatic carbocycles. The van der Waals surface area contributed by atoms with Gasteiger partial charge in [-0.25, -0.2) is 13.4 Å². The molecule has 0 unspecified atom stereocenters. The van der Waals surface area contributed by atoms with E-state index in [2.05, 4.69) is 20.8 Å². The zero-order valence-corrected chi connectivity index (χ0v) is 19.0. The number of rotatable bonds is 6. The molecule has 1 N–H and O–H groups in total. The molecule has 1 fully saturated rings. The smallest absolute Gasteiger partial charge is 0.244 e. The molecule has 2 heterocycles. The van der Waals surface area contributed by atoms with Gasteiger partial charge in [0, 0.05) is 18.0 Å². The summed E-state index contributed by atoms with van der Waals surface area (Å²) in [6, 6.07) is 11.1. The van der Waals surface area contributed by atoms with Crippen LogP contribution in [0.3, 0.4) is 0 Å². The van der Waals surface area contributed by atoms with Gasteiger partial charge in [-0.1, -0.05) is 24.1 Å². The summed E-state index contributed by atoms with van der Waals surface area (Å²) in [5.74, 6) is 0.788. The summed E-state index contributed by atoms with van der Waals surface area (Å²) in [5, 5.41) is 8.79. The first-order valence-corrected chi connectivity index (χ1v) is 12.0. The number of hydrogen-bond donors (Lipinski definition) is 1. The highest BCUT2D eigenvalue weighted by atomic mass is 32.2. The quantitative estimate of drug-likeness (QED) is 0.567. The fourth-order valence-electron chi connectivity index (χ4n) is 3.74. The number of benzene rings is 1. The monoisotopic (exact) mass is 448 g/mol. The second kappa shape index (κ2) is 8.60. The molecule has 32 heavy (non-hydrogen) atoms. The SMILES string of the molecule is Cc1cc(C)c(Oc2nc(-c3cncc(C#N)c3)ccc2NS(=O)(=O)C2CCC2)c(C)c1. The van der Waals surface area contributed by atoms with Crippen LogP contribution in [-0.4, -0.2) is 23.6 Å². The lowest BCUT2D eigenvalue weighted by molar-refractivity contribution is 0.458. The molecular weight excluding hydrogens is 424 g/mol. The summed E-state index contributed by atoms with van der Waals surface area (Å²) in [7, 11) is -3.53. The summed E-state index contributed by atoms with van der Waals surface area (Å²) in [4.78, 5) is 8.70. The number of nitrogens with one attached hydrogen (secondary N) is 1. The summed E-state index contributed by atoms with van der Waals surface area (Å²) >= 11 is 0. The predicted molar refractivity (Wildman–Crippen MR) is 123 cm³/mol. The van der Waals surface area contributed by atoms with Crippen LogP contribution in [-0.2, 0) is 10.0 Å². The zero-order chi connectivity index (χ0) is 22.9. The van der Waals surface area contributed by atoms with Crippen LogP contribution in [0.25, 0.3) is 11.3 Å². The number of aromatic nitrogens is 2. The summed E-state index contributed by atoms with van der Waals surface area (Å²) in [6.45, 7) is 5.89. The lowest BCUT2D eigenvalue weighted by Crippen LogP contribution is -2.33. The van der Waals surface area contributed by atoms with Crippen LogP contribution in [0.1, 0.15) is 41.5 Å². The summed E-state index contributed by atoms with van der Waals surface area (Å²) < 4.78 is 34.4. The van der Waals surface area contributed by atoms with Gasteiger partial charge < -0.3 is 4.74 Å². The number of nitrogens with zero attached hydrogens (tertiary/aromatic N) is 3. The van der Waals surface area contributed by atoms with Crippen LogP contribution < -0.4 is 9.46 Å². The van der Waals surface area contributed by atoms with Gasteiger partial charge in [-0.2, -0.15) is 5.26 Å². The van der Waals surface area contributed by atoms with Gasteiger partial charge >= 0.3 is 0 Å². The van der Waals surface area contributed by atoms with Crippen LogP contribution in [0.4, 0.5) is 5.69 Å². The fourth-order valence-corrected chi connectivity index (χ4v) is 5.32. The second-order valence-electron chi connectivity index (χ2n) is 8.15. The van der Waals surface area contributed by atoms with Crippen molar-refractivity contribution < 1.29 is 13.2 Å². The van der Waals surface area contributed by atoms with Gasteiger partial charge in [0.15, 0.2) is 0 Å². The van der Waals surface area contributed by atoms with Gasteiger partial charge in [0.25, 0.3) is 0 Å². The molecule has 0 aliphatic heterocycles. The first-order chi connectivity index (χ1) is 15.3. The lowest BCUT2D eigenvalue weighted by Gasteiger charge is -2.26. The largest absolute Gasteiger partial charge is 0.436 e. The number of hydrogen-bond acceptors (Lipinski definition) is 6. The molecular formula is C24H24N4O3S. The van der Waals surface area contributed by atoms with Gasteiger partial charge in [0.2, 0.25) is 15.9 Å². The van der Waals surface area contributed by atoms with Crippen molar-refractivity contribution in [1.82, 2.24) is 9.97 Å². The molecule has 1 saturated carbocycles. The third kappa shape index (κ3) is 4.43. The standard InChI is InChI=1S/C24H24N4O3S/c1-15-9-16(2)23(17(3)10-15)31-24-22(28-32(29,30)20-5-4-6-20)8-7-21(27-24)19-11-18(12-25)13-26-14-19/h7-11,13-14,20,28H,4-6H2,1-3H3. The highest BCUT2D eigenvalue weighted by molar-refractivity contribution is 7.93. The van der Waals surface area contributed by atoms with Gasteiger partial charge in [-0.05, 0) is 62.9 Å². The molecule has 2 aromatic heterocycles. The van der Waals surface area contributed by atoms with E-state index in [-0.39, 0.29) is 11.6 Å². The Labute approximate surface area is 188 Å². The topological polar surface area (TPSA) is 105 Å². The molecule has 0 radical (unpaired) electrons. The number of pyridine rings is 2. The molecule has 0 saturated heterocycles. The third-order valence-electron chi connectivity index (χ3n) is 5.57. The van der Waals surface area contributed by atoms with E-state index in [1.807, 2.05) is 32.9 Å². The maximum atomic E-state index is 12.8. The Balaban J connectivity index is 1.78. The minimum atomic E-state index is -3.53. The van der Waals surface area contributed by atoms with Crippen molar-refractivity contribution in [2.24, 2.45) is 0 Å². The Bertz CT molecular complexity index is 1300. The van der Waals surface area contributed by atoms with Gasteiger partial charge in [0.05, 0.1) is 16.5 Å². The van der Waals surface area contributed by atoms with E-state index in [4.69, 9.17) is 4.74 Å². The van der Waals surface area contributed by atoms with E-state index >= 15 is 0 Å². The van der Waals surface area contributed by atoms with Crippen LogP contribution in [0.5, 0.6) is 11.6 Å². The van der Waals surface area contributed by atoms with Crippen molar-refractivity contribution in [1.29, 1.82) is 5.26 Å². The number of sulfonamides is 1. The van der Waals surface area contributed by atoms with Crippen molar-refractivity contribution in [3.05, 3.63) is 65.0 Å². The van der Waals surface area contributed by atoms with Crippen molar-refractivity contribution in [2.45, 2.75) is 45.3 Å². The highest BCUT2D eigenvalue weighted by Crippen LogP contribution is 2.36. The Hall–Kier alpha value is -3.44. The molecule has 1 aromatic carbocycles. The average molecular weight is 449 g/mol. The van der Waals surface area contributed by atoms with E-state index in [0.29, 0.717) is 35.4 Å². The van der Waals surface area contributed by atoms with Gasteiger partial charge in [0.1, 0.15) is 17.5 Å². The minimum Gasteiger partial charge on any atom is -0.436 e. The molecule has 0 bridgehead atoms. The molecule has 8 heteroatoms. The average Bonchev–Trinajstić information content (AvgIpc) is 2.69. The second-order valence-corrected chi connectivity index (χ2v) is 10.1. The van der Waals surface area contributed by atoms with Crippen LogP contribution >= 0.6 is 0 Å². The predicted octanol–water partition coefficient (Wildman–Crippen LogP) is 5.03. The van der Waals surface area contributed by atoms with Gasteiger partial charge in [-0.15, -0.1) is 0 Å². The molecule has 4 rings (SSSR count). The zero-order valence-electron chi connectivity index (χ0n) is 18.2. The van der Waals surface area contributed by atoms with E-state index in [0.717, 1.165) is 23.1 Å². The van der Waals surface area contributed by atoms with E-state index in [9.17, 15) is 13.7 Å². The Morgan fingerprint density at radius 3 is 2.44 bits per heavy atom. The summed E-state index contributed by atoms with van der Waals surface area (Å²) in [6.07, 6.45) is 5.30. The molecule has 3 aromatic rings. The number of ether oxygens (including phenoxy) is 1. The Morgan fingerprint density at radius 1 is 1.09 bits per heavy atom. The number of nitriles is 1. The maximum absolute atomic E-state index is 12.8. The van der Waals surface area contributed by atoms with Crippen molar-refractivity contribution in [3.63, 3.8) is 0 Å². The Morgan fingerprint density at radius 2 is 1.81 bits per heavy atom. The molecule has 164 valence electrons. The molecule has 1 aliphatic rings. The van der Waals surface area contributed by atoms with E-state index < -0.39 is 15.3 Å². The van der Waals surface area contributed by atoms with E-state index in [1.165, 1.54) is 6.20 Å². The minimum absolute atomic E-state index is 0.155. The normalized spacial score (nSPS) is 13.8. The highest BCUT2D eigenvalue weighted by Gasteiger charge is 2.32.